The first kappa shape index (κ1) is 16.9. The standard InChI is InChI=1S/C15H17N3O4S/c1-3-6-16-14(19)9-17(2)15(20)13-8-10-7-11(18(21)22)4-5-12(10)23-13/h4-5,7-8H,3,6,9H2,1-2H3,(H,16,19). The molecule has 0 aliphatic carbocycles. The Morgan fingerprint density at radius 3 is 2.74 bits per heavy atom. The molecule has 2 rings (SSSR count). The first-order valence-electron chi connectivity index (χ1n) is 7.12. The topological polar surface area (TPSA) is 92.6 Å². The number of nitro groups is 1. The number of hydrogen-bond donors (Lipinski definition) is 1. The molecule has 2 amide bonds. The van der Waals surface area contributed by atoms with E-state index in [1.54, 1.807) is 19.2 Å². The predicted octanol–water partition coefficient (Wildman–Crippen LogP) is 2.41. The van der Waals surface area contributed by atoms with Crippen molar-refractivity contribution in [2.45, 2.75) is 13.3 Å². The highest BCUT2D eigenvalue weighted by Crippen LogP contribution is 2.29. The number of carbonyl (C=O) groups excluding carboxylic acids is 2. The van der Waals surface area contributed by atoms with Gasteiger partial charge in [-0.3, -0.25) is 19.7 Å². The maximum absolute atomic E-state index is 12.4. The van der Waals surface area contributed by atoms with E-state index in [9.17, 15) is 19.7 Å². The Bertz CT molecular complexity index is 756. The molecule has 1 aromatic carbocycles. The Balaban J connectivity index is 2.14. The zero-order valence-corrected chi connectivity index (χ0v) is 13.7. The lowest BCUT2D eigenvalue weighted by Gasteiger charge is -2.15. The molecule has 8 heteroatoms. The van der Waals surface area contributed by atoms with E-state index >= 15 is 0 Å². The number of likely N-dealkylation sites (N-methyl/N-ethyl adjacent to an activating group) is 1. The van der Waals surface area contributed by atoms with E-state index in [0.717, 1.165) is 11.1 Å². The fraction of sp³-hybridized carbons (Fsp3) is 0.333. The molecule has 0 atom stereocenters. The van der Waals surface area contributed by atoms with E-state index in [1.807, 2.05) is 6.92 Å². The van der Waals surface area contributed by atoms with Gasteiger partial charge in [0.25, 0.3) is 11.6 Å². The van der Waals surface area contributed by atoms with Gasteiger partial charge < -0.3 is 10.2 Å². The largest absolute Gasteiger partial charge is 0.355 e. The minimum atomic E-state index is -0.469. The normalized spacial score (nSPS) is 10.5. The molecule has 0 saturated heterocycles. The van der Waals surface area contributed by atoms with E-state index < -0.39 is 4.92 Å². The van der Waals surface area contributed by atoms with E-state index in [4.69, 9.17) is 0 Å². The summed E-state index contributed by atoms with van der Waals surface area (Å²) in [6, 6.07) is 6.10. The highest BCUT2D eigenvalue weighted by Gasteiger charge is 2.18. The molecular weight excluding hydrogens is 318 g/mol. The monoisotopic (exact) mass is 335 g/mol. The van der Waals surface area contributed by atoms with Crippen molar-refractivity contribution in [1.29, 1.82) is 0 Å². The van der Waals surface area contributed by atoms with Gasteiger partial charge in [0.05, 0.1) is 16.3 Å². The number of nitrogens with one attached hydrogen (secondary N) is 1. The van der Waals surface area contributed by atoms with Crippen LogP contribution in [0.25, 0.3) is 10.1 Å². The van der Waals surface area contributed by atoms with Crippen molar-refractivity contribution in [2.75, 3.05) is 20.1 Å². The van der Waals surface area contributed by atoms with Crippen LogP contribution in [0.3, 0.4) is 0 Å². The quantitative estimate of drug-likeness (QED) is 0.648. The maximum Gasteiger partial charge on any atom is 0.270 e. The molecule has 122 valence electrons. The second-order valence-corrected chi connectivity index (χ2v) is 6.18. The summed E-state index contributed by atoms with van der Waals surface area (Å²) in [5, 5.41) is 14.2. The Morgan fingerprint density at radius 1 is 1.35 bits per heavy atom. The molecule has 7 nitrogen and oxygen atoms in total. The second kappa shape index (κ2) is 7.19. The molecule has 0 saturated carbocycles. The van der Waals surface area contributed by atoms with Crippen LogP contribution in [0.1, 0.15) is 23.0 Å². The lowest BCUT2D eigenvalue weighted by Crippen LogP contribution is -2.38. The molecule has 0 radical (unpaired) electrons. The van der Waals surface area contributed by atoms with Crippen LogP contribution in [0.4, 0.5) is 5.69 Å². The average Bonchev–Trinajstić information content (AvgIpc) is 2.94. The molecule has 2 aromatic rings. The molecule has 1 heterocycles. The Morgan fingerprint density at radius 2 is 2.09 bits per heavy atom. The number of nitrogens with zero attached hydrogens (tertiary/aromatic N) is 2. The van der Waals surface area contributed by atoms with Gasteiger partial charge in [0, 0.05) is 35.8 Å². The van der Waals surface area contributed by atoms with Crippen molar-refractivity contribution in [3.63, 3.8) is 0 Å². The third-order valence-electron chi connectivity index (χ3n) is 3.22. The number of hydrogen-bond acceptors (Lipinski definition) is 5. The Kier molecular flexibility index (Phi) is 5.28. The van der Waals surface area contributed by atoms with Gasteiger partial charge in [-0.1, -0.05) is 6.92 Å². The van der Waals surface area contributed by atoms with Crippen LogP contribution in [0, 0.1) is 10.1 Å². The molecule has 0 unspecified atom stereocenters. The van der Waals surface area contributed by atoms with Gasteiger partial charge in [0.2, 0.25) is 5.91 Å². The average molecular weight is 335 g/mol. The van der Waals surface area contributed by atoms with Gasteiger partial charge in [0.15, 0.2) is 0 Å². The highest BCUT2D eigenvalue weighted by molar-refractivity contribution is 7.20. The van der Waals surface area contributed by atoms with Crippen molar-refractivity contribution in [2.24, 2.45) is 0 Å². The van der Waals surface area contributed by atoms with Crippen LogP contribution in [-0.4, -0.2) is 41.8 Å². The number of amides is 2. The first-order chi connectivity index (χ1) is 10.9. The molecule has 1 N–H and O–H groups in total. The van der Waals surface area contributed by atoms with E-state index in [1.165, 1.54) is 28.4 Å². The van der Waals surface area contributed by atoms with Crippen molar-refractivity contribution < 1.29 is 14.5 Å². The Hall–Kier alpha value is -2.48. The third-order valence-corrected chi connectivity index (χ3v) is 4.33. The lowest BCUT2D eigenvalue weighted by atomic mass is 10.2. The molecule has 0 spiro atoms. The first-order valence-corrected chi connectivity index (χ1v) is 7.94. The minimum absolute atomic E-state index is 0.0124. The second-order valence-electron chi connectivity index (χ2n) is 5.10. The van der Waals surface area contributed by atoms with Gasteiger partial charge in [0.1, 0.15) is 0 Å². The molecule has 0 aliphatic rings. The van der Waals surface area contributed by atoms with Gasteiger partial charge in [-0.15, -0.1) is 11.3 Å². The summed E-state index contributed by atoms with van der Waals surface area (Å²) in [4.78, 5) is 36.1. The van der Waals surface area contributed by atoms with E-state index in [2.05, 4.69) is 5.32 Å². The highest BCUT2D eigenvalue weighted by atomic mass is 32.1. The van der Waals surface area contributed by atoms with Crippen LogP contribution in [0.2, 0.25) is 0 Å². The summed E-state index contributed by atoms with van der Waals surface area (Å²) in [6.45, 7) is 2.51. The molecular formula is C15H17N3O4S. The zero-order chi connectivity index (χ0) is 17.0. The van der Waals surface area contributed by atoms with Gasteiger partial charge in [-0.2, -0.15) is 0 Å². The number of non-ortho nitro benzene ring substituents is 1. The molecule has 0 fully saturated rings. The summed E-state index contributed by atoms with van der Waals surface area (Å²) in [5.74, 6) is -0.486. The van der Waals surface area contributed by atoms with E-state index in [0.29, 0.717) is 16.8 Å². The van der Waals surface area contributed by atoms with Crippen LogP contribution < -0.4 is 5.32 Å². The van der Waals surface area contributed by atoms with Gasteiger partial charge in [-0.25, -0.2) is 0 Å². The zero-order valence-electron chi connectivity index (χ0n) is 12.9. The van der Waals surface area contributed by atoms with Crippen LogP contribution in [-0.2, 0) is 4.79 Å². The molecule has 23 heavy (non-hydrogen) atoms. The summed E-state index contributed by atoms with van der Waals surface area (Å²) >= 11 is 1.25. The number of fused-ring (bicyclic) bond motifs is 1. The van der Waals surface area contributed by atoms with Crippen LogP contribution in [0.5, 0.6) is 0 Å². The number of carbonyl (C=O) groups is 2. The van der Waals surface area contributed by atoms with Crippen LogP contribution in [0.15, 0.2) is 24.3 Å². The fourth-order valence-electron chi connectivity index (χ4n) is 2.05. The molecule has 0 bridgehead atoms. The van der Waals surface area contributed by atoms with Crippen molar-refractivity contribution in [3.8, 4) is 0 Å². The number of nitro benzene ring substituents is 1. The van der Waals surface area contributed by atoms with Crippen molar-refractivity contribution >= 4 is 38.9 Å². The van der Waals surface area contributed by atoms with Gasteiger partial charge in [-0.05, 0) is 18.6 Å². The SMILES string of the molecule is CCCNC(=O)CN(C)C(=O)c1cc2cc([N+](=O)[O-])ccc2s1. The minimum Gasteiger partial charge on any atom is -0.355 e. The summed E-state index contributed by atoms with van der Waals surface area (Å²) < 4.78 is 0.794. The van der Waals surface area contributed by atoms with E-state index in [-0.39, 0.29) is 24.0 Å². The summed E-state index contributed by atoms with van der Waals surface area (Å²) in [5.41, 5.74) is -0.0124. The summed E-state index contributed by atoms with van der Waals surface area (Å²) in [7, 11) is 1.56. The third kappa shape index (κ3) is 4.04. The Labute approximate surface area is 137 Å². The maximum atomic E-state index is 12.4. The lowest BCUT2D eigenvalue weighted by molar-refractivity contribution is -0.384. The van der Waals surface area contributed by atoms with Gasteiger partial charge >= 0.3 is 0 Å². The number of rotatable bonds is 6. The number of benzene rings is 1. The fourth-order valence-corrected chi connectivity index (χ4v) is 3.08. The number of thiophene rings is 1. The summed E-state index contributed by atoms with van der Waals surface area (Å²) in [6.07, 6.45) is 0.832. The smallest absolute Gasteiger partial charge is 0.270 e. The van der Waals surface area contributed by atoms with Crippen molar-refractivity contribution in [1.82, 2.24) is 10.2 Å². The van der Waals surface area contributed by atoms with Crippen molar-refractivity contribution in [3.05, 3.63) is 39.3 Å². The predicted molar refractivity (Wildman–Crippen MR) is 88.7 cm³/mol. The molecule has 1 aromatic heterocycles. The molecule has 0 aliphatic heterocycles. The van der Waals surface area contributed by atoms with Crippen LogP contribution >= 0.6 is 11.3 Å².